The smallest absolute Gasteiger partial charge is 0.251 e. The molecule has 0 bridgehead atoms. The number of carbonyl (C=O) groups is 1. The first-order valence-corrected chi connectivity index (χ1v) is 9.86. The number of carbonyl (C=O) groups excluding carboxylic acids is 1. The molecule has 2 aromatic rings. The number of thioether (sulfide) groups is 1. The van der Waals surface area contributed by atoms with Crippen LogP contribution in [0, 0.1) is 0 Å². The molecule has 1 aromatic heterocycles. The molecule has 22 heavy (non-hydrogen) atoms. The minimum atomic E-state index is 0.0603. The van der Waals surface area contributed by atoms with E-state index in [1.165, 1.54) is 28.8 Å². The predicted molar refractivity (Wildman–Crippen MR) is 95.9 cm³/mol. The van der Waals surface area contributed by atoms with Gasteiger partial charge in [0.05, 0.1) is 0 Å². The molecule has 1 N–H and O–H groups in total. The van der Waals surface area contributed by atoms with Crippen molar-refractivity contribution in [3.63, 3.8) is 0 Å². The van der Waals surface area contributed by atoms with Crippen molar-refractivity contribution in [2.75, 3.05) is 12.3 Å². The maximum absolute atomic E-state index is 12.2. The van der Waals surface area contributed by atoms with Crippen LogP contribution in [0.2, 0.25) is 0 Å². The molecule has 1 amide bonds. The average molecular weight is 332 g/mol. The van der Waals surface area contributed by atoms with Crippen molar-refractivity contribution in [2.24, 2.45) is 0 Å². The summed E-state index contributed by atoms with van der Waals surface area (Å²) in [6.07, 6.45) is 4.81. The molecule has 1 aromatic carbocycles. The summed E-state index contributed by atoms with van der Waals surface area (Å²) < 4.78 is 0. The lowest BCUT2D eigenvalue weighted by Crippen LogP contribution is -2.26. The lowest BCUT2D eigenvalue weighted by molar-refractivity contribution is 0.0956. The number of nitrogens with one attached hydrogen (secondary N) is 1. The van der Waals surface area contributed by atoms with Crippen molar-refractivity contribution in [1.29, 1.82) is 0 Å². The Bertz CT molecular complexity index is 622. The van der Waals surface area contributed by atoms with Crippen molar-refractivity contribution in [1.82, 2.24) is 5.32 Å². The van der Waals surface area contributed by atoms with E-state index in [2.05, 4.69) is 35.0 Å². The largest absolute Gasteiger partial charge is 0.351 e. The number of hydrogen-bond donors (Lipinski definition) is 1. The summed E-state index contributed by atoms with van der Waals surface area (Å²) in [4.78, 5) is 13.6. The van der Waals surface area contributed by atoms with Gasteiger partial charge in [-0.2, -0.15) is 11.8 Å². The second-order valence-electron chi connectivity index (χ2n) is 5.58. The average Bonchev–Trinajstić information content (AvgIpc) is 3.07. The van der Waals surface area contributed by atoms with E-state index in [4.69, 9.17) is 0 Å². The number of fused-ring (bicyclic) bond motifs is 1. The SMILES string of the molecule is O=C(NCCSCc1cccs1)c1ccc2c(c1)CCCC2. The first-order valence-electron chi connectivity index (χ1n) is 7.83. The van der Waals surface area contributed by atoms with Crippen LogP contribution in [-0.2, 0) is 18.6 Å². The molecule has 3 rings (SSSR count). The van der Waals surface area contributed by atoms with Crippen molar-refractivity contribution < 1.29 is 4.79 Å². The molecule has 116 valence electrons. The molecular formula is C18H21NOS2. The van der Waals surface area contributed by atoms with E-state index in [0.717, 1.165) is 36.5 Å². The van der Waals surface area contributed by atoms with Gasteiger partial charge in [0.25, 0.3) is 5.91 Å². The number of benzene rings is 1. The van der Waals surface area contributed by atoms with Crippen LogP contribution in [0.5, 0.6) is 0 Å². The number of aryl methyl sites for hydroxylation is 2. The highest BCUT2D eigenvalue weighted by molar-refractivity contribution is 7.98. The van der Waals surface area contributed by atoms with Crippen LogP contribution in [0.4, 0.5) is 0 Å². The van der Waals surface area contributed by atoms with E-state index in [-0.39, 0.29) is 5.91 Å². The molecule has 0 spiro atoms. The molecule has 1 aliphatic carbocycles. The van der Waals surface area contributed by atoms with Crippen LogP contribution in [0.25, 0.3) is 0 Å². The number of amides is 1. The maximum Gasteiger partial charge on any atom is 0.251 e. The maximum atomic E-state index is 12.2. The van der Waals surface area contributed by atoms with E-state index in [1.807, 2.05) is 17.8 Å². The summed E-state index contributed by atoms with van der Waals surface area (Å²) in [5.41, 5.74) is 3.60. The van der Waals surface area contributed by atoms with Crippen molar-refractivity contribution in [3.8, 4) is 0 Å². The Balaban J connectivity index is 1.43. The van der Waals surface area contributed by atoms with E-state index >= 15 is 0 Å². The third-order valence-electron chi connectivity index (χ3n) is 3.97. The van der Waals surface area contributed by atoms with Gasteiger partial charge in [-0.3, -0.25) is 4.79 Å². The van der Waals surface area contributed by atoms with Crippen LogP contribution in [0.3, 0.4) is 0 Å². The Labute approximate surface area is 140 Å². The third-order valence-corrected chi connectivity index (χ3v) is 6.03. The number of thiophene rings is 1. The van der Waals surface area contributed by atoms with E-state index in [9.17, 15) is 4.79 Å². The van der Waals surface area contributed by atoms with E-state index in [0.29, 0.717) is 0 Å². The van der Waals surface area contributed by atoms with Gasteiger partial charge < -0.3 is 5.32 Å². The fourth-order valence-electron chi connectivity index (χ4n) is 2.78. The Morgan fingerprint density at radius 1 is 1.18 bits per heavy atom. The minimum Gasteiger partial charge on any atom is -0.351 e. The number of hydrogen-bond acceptors (Lipinski definition) is 3. The zero-order valence-corrected chi connectivity index (χ0v) is 14.3. The second kappa shape index (κ2) is 7.84. The molecule has 0 aliphatic heterocycles. The molecule has 0 fully saturated rings. The molecule has 0 atom stereocenters. The van der Waals surface area contributed by atoms with Gasteiger partial charge in [-0.15, -0.1) is 11.3 Å². The van der Waals surface area contributed by atoms with Crippen LogP contribution in [-0.4, -0.2) is 18.2 Å². The van der Waals surface area contributed by atoms with Gasteiger partial charge in [0.2, 0.25) is 0 Å². The fraction of sp³-hybridized carbons (Fsp3) is 0.389. The summed E-state index contributed by atoms with van der Waals surface area (Å²) in [5.74, 6) is 2.05. The summed E-state index contributed by atoms with van der Waals surface area (Å²) >= 11 is 3.66. The van der Waals surface area contributed by atoms with Gasteiger partial charge in [0.15, 0.2) is 0 Å². The minimum absolute atomic E-state index is 0.0603. The molecule has 0 saturated heterocycles. The Morgan fingerprint density at radius 2 is 2.05 bits per heavy atom. The molecule has 0 saturated carbocycles. The molecule has 0 unspecified atom stereocenters. The van der Waals surface area contributed by atoms with Crippen LogP contribution >= 0.6 is 23.1 Å². The van der Waals surface area contributed by atoms with Crippen molar-refractivity contribution in [2.45, 2.75) is 31.4 Å². The van der Waals surface area contributed by atoms with Gasteiger partial charge >= 0.3 is 0 Å². The summed E-state index contributed by atoms with van der Waals surface area (Å²) in [6, 6.07) is 10.4. The fourth-order valence-corrected chi connectivity index (χ4v) is 4.48. The summed E-state index contributed by atoms with van der Waals surface area (Å²) in [7, 11) is 0. The predicted octanol–water partition coefficient (Wildman–Crippen LogP) is 4.29. The second-order valence-corrected chi connectivity index (χ2v) is 7.72. The highest BCUT2D eigenvalue weighted by Gasteiger charge is 2.12. The van der Waals surface area contributed by atoms with E-state index in [1.54, 1.807) is 11.3 Å². The first-order chi connectivity index (χ1) is 10.8. The van der Waals surface area contributed by atoms with Crippen molar-refractivity contribution >= 4 is 29.0 Å². The van der Waals surface area contributed by atoms with E-state index < -0.39 is 0 Å². The van der Waals surface area contributed by atoms with Gasteiger partial charge in [-0.1, -0.05) is 12.1 Å². The van der Waals surface area contributed by atoms with Gasteiger partial charge in [-0.05, 0) is 60.4 Å². The van der Waals surface area contributed by atoms with Gasteiger partial charge in [0.1, 0.15) is 0 Å². The number of rotatable bonds is 6. The van der Waals surface area contributed by atoms with Crippen LogP contribution in [0.15, 0.2) is 35.7 Å². The molecule has 0 radical (unpaired) electrons. The lowest BCUT2D eigenvalue weighted by atomic mass is 9.90. The zero-order chi connectivity index (χ0) is 15.2. The normalized spacial score (nSPS) is 13.6. The lowest BCUT2D eigenvalue weighted by Gasteiger charge is -2.16. The standard InChI is InChI=1S/C18H21NOS2/c20-18(19-9-11-21-13-17-6-3-10-22-17)16-8-7-14-4-1-2-5-15(14)12-16/h3,6-8,10,12H,1-2,4-5,9,11,13H2,(H,19,20). The topological polar surface area (TPSA) is 29.1 Å². The summed E-state index contributed by atoms with van der Waals surface area (Å²) in [6.45, 7) is 0.728. The van der Waals surface area contributed by atoms with Crippen LogP contribution in [0.1, 0.15) is 39.2 Å². The zero-order valence-electron chi connectivity index (χ0n) is 12.6. The molecule has 1 aliphatic rings. The Morgan fingerprint density at radius 3 is 2.86 bits per heavy atom. The Hall–Kier alpha value is -1.26. The van der Waals surface area contributed by atoms with Crippen LogP contribution < -0.4 is 5.32 Å². The highest BCUT2D eigenvalue weighted by Crippen LogP contribution is 2.22. The molecule has 1 heterocycles. The Kier molecular flexibility index (Phi) is 5.57. The highest BCUT2D eigenvalue weighted by atomic mass is 32.2. The third kappa shape index (κ3) is 4.14. The van der Waals surface area contributed by atoms with Gasteiger partial charge in [-0.25, -0.2) is 0 Å². The van der Waals surface area contributed by atoms with Gasteiger partial charge in [0, 0.05) is 28.5 Å². The molecule has 4 heteroatoms. The molecule has 2 nitrogen and oxygen atoms in total. The quantitative estimate of drug-likeness (QED) is 0.800. The van der Waals surface area contributed by atoms with Crippen molar-refractivity contribution in [3.05, 3.63) is 57.3 Å². The summed E-state index contributed by atoms with van der Waals surface area (Å²) in [5, 5.41) is 5.13. The molecular weight excluding hydrogens is 310 g/mol. The first kappa shape index (κ1) is 15.6. The monoisotopic (exact) mass is 331 g/mol.